The highest BCUT2D eigenvalue weighted by Crippen LogP contribution is 2.14. The summed E-state index contributed by atoms with van der Waals surface area (Å²) in [7, 11) is 0. The summed E-state index contributed by atoms with van der Waals surface area (Å²) in [6, 6.07) is -0.0886. The quantitative estimate of drug-likeness (QED) is 0.799. The molecule has 15 heavy (non-hydrogen) atoms. The lowest BCUT2D eigenvalue weighted by atomic mass is 9.93. The van der Waals surface area contributed by atoms with E-state index in [9.17, 15) is 4.79 Å². The van der Waals surface area contributed by atoms with Crippen molar-refractivity contribution in [2.75, 3.05) is 12.3 Å². The number of carbonyl (C=O) groups excluding carboxylic acids is 1. The van der Waals surface area contributed by atoms with E-state index in [1.165, 1.54) is 0 Å². The minimum absolute atomic E-state index is 0.0805. The predicted octanol–water partition coefficient (Wildman–Crippen LogP) is 1.93. The van der Waals surface area contributed by atoms with Gasteiger partial charge in [0.05, 0.1) is 12.6 Å². The Morgan fingerprint density at radius 1 is 1.40 bits per heavy atom. The molecule has 0 saturated heterocycles. The number of nitrogens with zero attached hydrogens (tertiary/aromatic N) is 1. The molecule has 0 saturated carbocycles. The van der Waals surface area contributed by atoms with E-state index in [2.05, 4.69) is 24.2 Å². The van der Waals surface area contributed by atoms with Crippen LogP contribution < -0.4 is 5.32 Å². The Morgan fingerprint density at radius 2 is 2.07 bits per heavy atom. The van der Waals surface area contributed by atoms with E-state index in [1.807, 2.05) is 13.8 Å². The molecule has 0 radical (unpaired) electrons. The van der Waals surface area contributed by atoms with Crippen molar-refractivity contribution in [3.8, 4) is 0 Å². The van der Waals surface area contributed by atoms with Crippen molar-refractivity contribution in [2.45, 2.75) is 33.7 Å². The van der Waals surface area contributed by atoms with Crippen LogP contribution in [0, 0.1) is 11.8 Å². The van der Waals surface area contributed by atoms with Gasteiger partial charge in [-0.2, -0.15) is 0 Å². The Morgan fingerprint density at radius 3 is 2.47 bits per heavy atom. The number of rotatable bonds is 4. The molecular weight excluding hydrogens is 208 g/mol. The predicted molar refractivity (Wildman–Crippen MR) is 66.4 cm³/mol. The highest BCUT2D eigenvalue weighted by Gasteiger charge is 2.25. The summed E-state index contributed by atoms with van der Waals surface area (Å²) < 4.78 is 0. The van der Waals surface area contributed by atoms with Crippen LogP contribution in [0.3, 0.4) is 0 Å². The van der Waals surface area contributed by atoms with Gasteiger partial charge in [-0.25, -0.2) is 0 Å². The molecule has 0 amide bonds. The third-order valence-electron chi connectivity index (χ3n) is 2.41. The molecule has 0 spiro atoms. The van der Waals surface area contributed by atoms with Crippen molar-refractivity contribution in [2.24, 2.45) is 16.8 Å². The molecule has 0 unspecified atom stereocenters. The summed E-state index contributed by atoms with van der Waals surface area (Å²) in [5.74, 6) is 1.70. The maximum Gasteiger partial charge on any atom is 0.157 e. The van der Waals surface area contributed by atoms with Crippen molar-refractivity contribution in [3.05, 3.63) is 0 Å². The number of amidine groups is 1. The van der Waals surface area contributed by atoms with E-state index in [-0.39, 0.29) is 17.7 Å². The third-order valence-corrected chi connectivity index (χ3v) is 3.31. The maximum atomic E-state index is 11.9. The Bertz CT molecular complexity index is 261. The van der Waals surface area contributed by atoms with Crippen molar-refractivity contribution in [3.63, 3.8) is 0 Å². The zero-order valence-corrected chi connectivity index (χ0v) is 10.7. The molecule has 0 aromatic rings. The SMILES string of the molecule is CC(C)C(=O)[C@H](NC1=NCCS1)C(C)C. The van der Waals surface area contributed by atoms with E-state index in [1.54, 1.807) is 11.8 Å². The van der Waals surface area contributed by atoms with Crippen molar-refractivity contribution in [1.82, 2.24) is 5.32 Å². The number of hydrogen-bond donors (Lipinski definition) is 1. The van der Waals surface area contributed by atoms with Gasteiger partial charge in [-0.05, 0) is 5.92 Å². The van der Waals surface area contributed by atoms with E-state index in [4.69, 9.17) is 0 Å². The molecular formula is C11H20N2OS. The van der Waals surface area contributed by atoms with Gasteiger partial charge in [0.25, 0.3) is 0 Å². The first-order valence-corrected chi connectivity index (χ1v) is 6.48. The van der Waals surface area contributed by atoms with Gasteiger partial charge in [0.2, 0.25) is 0 Å². The summed E-state index contributed by atoms with van der Waals surface area (Å²) in [6.45, 7) is 8.90. The summed E-state index contributed by atoms with van der Waals surface area (Å²) >= 11 is 1.70. The first-order valence-electron chi connectivity index (χ1n) is 5.50. The fourth-order valence-corrected chi connectivity index (χ4v) is 2.25. The molecule has 0 fully saturated rings. The summed E-state index contributed by atoms with van der Waals surface area (Å²) in [5.41, 5.74) is 0. The Hall–Kier alpha value is -0.510. The van der Waals surface area contributed by atoms with Crippen LogP contribution in [-0.4, -0.2) is 29.3 Å². The number of Topliss-reactive ketones (excluding diaryl/α,β-unsaturated/α-hetero) is 1. The summed E-state index contributed by atoms with van der Waals surface area (Å²) in [5, 5.41) is 4.19. The second kappa shape index (κ2) is 5.54. The molecule has 1 atom stereocenters. The van der Waals surface area contributed by atoms with Crippen LogP contribution in [0.25, 0.3) is 0 Å². The Kier molecular flexibility index (Phi) is 4.64. The van der Waals surface area contributed by atoms with E-state index in [0.29, 0.717) is 5.92 Å². The minimum atomic E-state index is -0.0886. The Labute approximate surface area is 96.1 Å². The normalized spacial score (nSPS) is 18.1. The number of carbonyl (C=O) groups is 1. The third kappa shape index (κ3) is 3.52. The molecule has 1 aliphatic rings. The van der Waals surface area contributed by atoms with Gasteiger partial charge in [0.15, 0.2) is 11.0 Å². The van der Waals surface area contributed by atoms with Crippen molar-refractivity contribution < 1.29 is 4.79 Å². The fraction of sp³-hybridized carbons (Fsp3) is 0.818. The lowest BCUT2D eigenvalue weighted by molar-refractivity contribution is -0.124. The number of thioether (sulfide) groups is 1. The second-order valence-corrected chi connectivity index (χ2v) is 5.54. The molecule has 1 rings (SSSR count). The lowest BCUT2D eigenvalue weighted by Crippen LogP contribution is -2.44. The van der Waals surface area contributed by atoms with Gasteiger partial charge >= 0.3 is 0 Å². The first-order chi connectivity index (χ1) is 7.02. The fourth-order valence-electron chi connectivity index (χ4n) is 1.48. The van der Waals surface area contributed by atoms with E-state index in [0.717, 1.165) is 17.5 Å². The van der Waals surface area contributed by atoms with Crippen LogP contribution in [-0.2, 0) is 4.79 Å². The van der Waals surface area contributed by atoms with Crippen LogP contribution >= 0.6 is 11.8 Å². The largest absolute Gasteiger partial charge is 0.355 e. The van der Waals surface area contributed by atoms with Crippen molar-refractivity contribution >= 4 is 22.7 Å². The minimum Gasteiger partial charge on any atom is -0.355 e. The highest BCUT2D eigenvalue weighted by molar-refractivity contribution is 8.14. The van der Waals surface area contributed by atoms with Gasteiger partial charge in [0, 0.05) is 11.7 Å². The van der Waals surface area contributed by atoms with Crippen LogP contribution in [0.1, 0.15) is 27.7 Å². The monoisotopic (exact) mass is 228 g/mol. The van der Waals surface area contributed by atoms with E-state index < -0.39 is 0 Å². The molecule has 1 aliphatic heterocycles. The molecule has 0 aromatic carbocycles. The van der Waals surface area contributed by atoms with Crippen LogP contribution in [0.2, 0.25) is 0 Å². The maximum absolute atomic E-state index is 11.9. The van der Waals surface area contributed by atoms with Gasteiger partial charge in [-0.3, -0.25) is 9.79 Å². The zero-order chi connectivity index (χ0) is 11.4. The van der Waals surface area contributed by atoms with Crippen molar-refractivity contribution in [1.29, 1.82) is 0 Å². The average molecular weight is 228 g/mol. The molecule has 86 valence electrons. The average Bonchev–Trinajstić information content (AvgIpc) is 2.64. The lowest BCUT2D eigenvalue weighted by Gasteiger charge is -2.23. The van der Waals surface area contributed by atoms with Gasteiger partial charge < -0.3 is 5.32 Å². The molecule has 1 heterocycles. The van der Waals surface area contributed by atoms with Crippen LogP contribution in [0.5, 0.6) is 0 Å². The first kappa shape index (κ1) is 12.6. The highest BCUT2D eigenvalue weighted by atomic mass is 32.2. The zero-order valence-electron chi connectivity index (χ0n) is 9.91. The smallest absolute Gasteiger partial charge is 0.157 e. The van der Waals surface area contributed by atoms with Gasteiger partial charge in [-0.15, -0.1) is 0 Å². The standard InChI is InChI=1S/C11H20N2OS/c1-7(2)9(10(14)8(3)4)13-11-12-5-6-15-11/h7-9H,5-6H2,1-4H3,(H,12,13)/t9-/m1/s1. The molecule has 1 N–H and O–H groups in total. The molecule has 0 aliphatic carbocycles. The number of nitrogens with one attached hydrogen (secondary N) is 1. The molecule has 4 heteroatoms. The van der Waals surface area contributed by atoms with Crippen LogP contribution in [0.15, 0.2) is 4.99 Å². The van der Waals surface area contributed by atoms with Crippen LogP contribution in [0.4, 0.5) is 0 Å². The second-order valence-electron chi connectivity index (χ2n) is 4.46. The number of ketones is 1. The van der Waals surface area contributed by atoms with Gasteiger partial charge in [-0.1, -0.05) is 39.5 Å². The van der Waals surface area contributed by atoms with E-state index >= 15 is 0 Å². The van der Waals surface area contributed by atoms with Gasteiger partial charge in [0.1, 0.15) is 0 Å². The number of hydrogen-bond acceptors (Lipinski definition) is 4. The summed E-state index contributed by atoms with van der Waals surface area (Å²) in [4.78, 5) is 16.3. The molecule has 0 aromatic heterocycles. The molecule has 0 bridgehead atoms. The Balaban J connectivity index is 2.61. The topological polar surface area (TPSA) is 41.5 Å². The summed E-state index contributed by atoms with van der Waals surface area (Å²) in [6.07, 6.45) is 0. The molecule has 3 nitrogen and oxygen atoms in total. The number of aliphatic imine (C=N–C) groups is 1.